The summed E-state index contributed by atoms with van der Waals surface area (Å²) in [5.74, 6) is 1.25. The van der Waals surface area contributed by atoms with Crippen LogP contribution in [0.15, 0.2) is 65.4 Å². The molecule has 0 aliphatic heterocycles. The van der Waals surface area contributed by atoms with Crippen LogP contribution in [0.4, 0.5) is 0 Å². The molecule has 0 saturated heterocycles. The van der Waals surface area contributed by atoms with Crippen LogP contribution in [0.5, 0.6) is 5.75 Å². The Hall–Kier alpha value is -3.08. The Morgan fingerprint density at radius 2 is 2.08 bits per heavy atom. The van der Waals surface area contributed by atoms with Crippen LogP contribution in [0, 0.1) is 6.92 Å². The predicted octanol–water partition coefficient (Wildman–Crippen LogP) is 3.35. The minimum absolute atomic E-state index is 0.0129. The number of rotatable bonds is 6. The highest BCUT2D eigenvalue weighted by Crippen LogP contribution is 2.18. The second kappa shape index (κ2) is 7.46. The van der Waals surface area contributed by atoms with Gasteiger partial charge in [0, 0.05) is 12.7 Å². The van der Waals surface area contributed by atoms with Crippen molar-refractivity contribution in [2.75, 3.05) is 6.61 Å². The first kappa shape index (κ1) is 15.8. The average Bonchev–Trinajstić information content (AvgIpc) is 3.14. The number of carbonyl (C=O) groups excluding carboxylic acids is 1. The Morgan fingerprint density at radius 1 is 1.21 bits per heavy atom. The van der Waals surface area contributed by atoms with E-state index in [1.165, 1.54) is 0 Å². The fourth-order valence-electron chi connectivity index (χ4n) is 2.26. The van der Waals surface area contributed by atoms with Gasteiger partial charge in [0.1, 0.15) is 11.4 Å². The van der Waals surface area contributed by atoms with Crippen molar-refractivity contribution in [2.24, 2.45) is 0 Å². The molecule has 1 amide bonds. The molecule has 0 saturated carbocycles. The van der Waals surface area contributed by atoms with E-state index in [1.807, 2.05) is 55.5 Å². The van der Waals surface area contributed by atoms with Crippen LogP contribution in [0.1, 0.15) is 11.1 Å². The lowest BCUT2D eigenvalue weighted by molar-refractivity contribution is -0.123. The third kappa shape index (κ3) is 4.01. The van der Waals surface area contributed by atoms with Crippen molar-refractivity contribution in [1.82, 2.24) is 10.3 Å². The van der Waals surface area contributed by atoms with E-state index < -0.39 is 0 Å². The summed E-state index contributed by atoms with van der Waals surface area (Å²) in [6.45, 7) is 2.34. The minimum atomic E-state index is -0.172. The molecule has 0 spiro atoms. The van der Waals surface area contributed by atoms with Crippen LogP contribution < -0.4 is 10.1 Å². The zero-order valence-corrected chi connectivity index (χ0v) is 13.4. The molecule has 0 unspecified atom stereocenters. The number of nitrogens with zero attached hydrogens (tertiary/aromatic N) is 1. The molecule has 122 valence electrons. The molecular weight excluding hydrogens is 304 g/mol. The highest BCUT2D eigenvalue weighted by Gasteiger charge is 2.06. The van der Waals surface area contributed by atoms with Gasteiger partial charge in [-0.05, 0) is 48.4 Å². The number of aryl methyl sites for hydroxylation is 1. The molecule has 5 nitrogen and oxygen atoms in total. The molecule has 3 rings (SSSR count). The third-order valence-corrected chi connectivity index (χ3v) is 3.54. The molecule has 5 heteroatoms. The second-order valence-corrected chi connectivity index (χ2v) is 5.36. The Morgan fingerprint density at radius 3 is 2.88 bits per heavy atom. The number of carbonyl (C=O) groups is 1. The lowest BCUT2D eigenvalue weighted by Gasteiger charge is -2.09. The van der Waals surface area contributed by atoms with Crippen LogP contribution in [0.3, 0.4) is 0 Å². The number of benzene rings is 1. The first-order valence-electron chi connectivity index (χ1n) is 7.66. The fourth-order valence-corrected chi connectivity index (χ4v) is 2.26. The minimum Gasteiger partial charge on any atom is -0.484 e. The number of pyridine rings is 1. The van der Waals surface area contributed by atoms with Crippen LogP contribution >= 0.6 is 0 Å². The van der Waals surface area contributed by atoms with Crippen LogP contribution in [-0.4, -0.2) is 17.5 Å². The van der Waals surface area contributed by atoms with Crippen molar-refractivity contribution in [3.63, 3.8) is 0 Å². The molecule has 0 atom stereocenters. The lowest BCUT2D eigenvalue weighted by atomic mass is 10.2. The molecule has 0 radical (unpaired) electrons. The van der Waals surface area contributed by atoms with Crippen molar-refractivity contribution in [3.05, 3.63) is 72.1 Å². The van der Waals surface area contributed by atoms with Gasteiger partial charge >= 0.3 is 0 Å². The number of furan rings is 1. The number of aromatic nitrogens is 1. The fraction of sp³-hybridized carbons (Fsp3) is 0.158. The van der Waals surface area contributed by atoms with E-state index >= 15 is 0 Å². The Labute approximate surface area is 140 Å². The van der Waals surface area contributed by atoms with Crippen LogP contribution in [0.2, 0.25) is 0 Å². The Kier molecular flexibility index (Phi) is 4.91. The smallest absolute Gasteiger partial charge is 0.258 e. The maximum Gasteiger partial charge on any atom is 0.258 e. The van der Waals surface area contributed by atoms with Crippen molar-refractivity contribution < 1.29 is 13.9 Å². The normalized spacial score (nSPS) is 10.4. The van der Waals surface area contributed by atoms with Gasteiger partial charge in [-0.3, -0.25) is 9.78 Å². The quantitative estimate of drug-likeness (QED) is 0.756. The lowest BCUT2D eigenvalue weighted by Crippen LogP contribution is -2.28. The molecule has 3 aromatic rings. The maximum absolute atomic E-state index is 11.9. The summed E-state index contributed by atoms with van der Waals surface area (Å²) in [6.07, 6.45) is 3.30. The number of hydrogen-bond donors (Lipinski definition) is 1. The van der Waals surface area contributed by atoms with Crippen molar-refractivity contribution in [2.45, 2.75) is 13.5 Å². The molecule has 2 heterocycles. The summed E-state index contributed by atoms with van der Waals surface area (Å²) in [5.41, 5.74) is 2.69. The number of para-hydroxylation sites is 1. The number of nitrogens with one attached hydrogen (secondary N) is 1. The molecular formula is C19H18N2O3. The van der Waals surface area contributed by atoms with Gasteiger partial charge in [-0.2, -0.15) is 0 Å². The van der Waals surface area contributed by atoms with Gasteiger partial charge in [-0.15, -0.1) is 0 Å². The largest absolute Gasteiger partial charge is 0.484 e. The SMILES string of the molecule is Cc1ccccc1OCC(=O)NCc1ccnc(-c2ccco2)c1. The van der Waals surface area contributed by atoms with Crippen LogP contribution in [0.25, 0.3) is 11.5 Å². The highest BCUT2D eigenvalue weighted by atomic mass is 16.5. The van der Waals surface area contributed by atoms with E-state index in [0.29, 0.717) is 12.3 Å². The van der Waals surface area contributed by atoms with E-state index in [4.69, 9.17) is 9.15 Å². The third-order valence-electron chi connectivity index (χ3n) is 3.54. The molecule has 24 heavy (non-hydrogen) atoms. The van der Waals surface area contributed by atoms with Crippen LogP contribution in [-0.2, 0) is 11.3 Å². The standard InChI is InChI=1S/C19H18N2O3/c1-14-5-2-3-6-17(14)24-13-19(22)21-12-15-8-9-20-16(11-15)18-7-4-10-23-18/h2-11H,12-13H2,1H3,(H,21,22). The van der Waals surface area contributed by atoms with Gasteiger partial charge < -0.3 is 14.5 Å². The summed E-state index contributed by atoms with van der Waals surface area (Å²) in [4.78, 5) is 16.2. The Bertz CT molecular complexity index is 813. The summed E-state index contributed by atoms with van der Waals surface area (Å²) in [6, 6.07) is 15.0. The zero-order valence-electron chi connectivity index (χ0n) is 13.4. The van der Waals surface area contributed by atoms with Crippen molar-refractivity contribution in [3.8, 4) is 17.2 Å². The van der Waals surface area contributed by atoms with E-state index in [9.17, 15) is 4.79 Å². The van der Waals surface area contributed by atoms with E-state index in [0.717, 1.165) is 22.6 Å². The van der Waals surface area contributed by atoms with Crippen molar-refractivity contribution in [1.29, 1.82) is 0 Å². The first-order valence-corrected chi connectivity index (χ1v) is 7.66. The van der Waals surface area contributed by atoms with E-state index in [2.05, 4.69) is 10.3 Å². The monoisotopic (exact) mass is 322 g/mol. The first-order chi connectivity index (χ1) is 11.7. The summed E-state index contributed by atoms with van der Waals surface area (Å²) in [7, 11) is 0. The van der Waals surface area contributed by atoms with Gasteiger partial charge in [-0.25, -0.2) is 0 Å². The number of amides is 1. The summed E-state index contributed by atoms with van der Waals surface area (Å²) >= 11 is 0. The molecule has 0 bridgehead atoms. The highest BCUT2D eigenvalue weighted by molar-refractivity contribution is 5.77. The molecule has 1 N–H and O–H groups in total. The predicted molar refractivity (Wildman–Crippen MR) is 90.5 cm³/mol. The summed E-state index contributed by atoms with van der Waals surface area (Å²) in [5, 5.41) is 2.84. The zero-order chi connectivity index (χ0) is 16.8. The van der Waals surface area contributed by atoms with Gasteiger partial charge in [0.15, 0.2) is 12.4 Å². The second-order valence-electron chi connectivity index (χ2n) is 5.36. The topological polar surface area (TPSA) is 64.4 Å². The summed E-state index contributed by atoms with van der Waals surface area (Å²) < 4.78 is 10.9. The molecule has 0 fully saturated rings. The van der Waals surface area contributed by atoms with Crippen molar-refractivity contribution >= 4 is 5.91 Å². The molecule has 2 aromatic heterocycles. The average molecular weight is 322 g/mol. The van der Waals surface area contributed by atoms with Gasteiger partial charge in [-0.1, -0.05) is 18.2 Å². The van der Waals surface area contributed by atoms with E-state index in [1.54, 1.807) is 12.5 Å². The van der Waals surface area contributed by atoms with Gasteiger partial charge in [0.25, 0.3) is 5.91 Å². The number of hydrogen-bond acceptors (Lipinski definition) is 4. The number of ether oxygens (including phenoxy) is 1. The van der Waals surface area contributed by atoms with Gasteiger partial charge in [0.05, 0.1) is 6.26 Å². The maximum atomic E-state index is 11.9. The molecule has 0 aliphatic carbocycles. The Balaban J connectivity index is 1.53. The van der Waals surface area contributed by atoms with Gasteiger partial charge in [0.2, 0.25) is 0 Å². The van der Waals surface area contributed by atoms with E-state index in [-0.39, 0.29) is 12.5 Å². The molecule has 1 aromatic carbocycles. The molecule has 0 aliphatic rings.